The fourth-order valence-electron chi connectivity index (χ4n) is 2.56. The molecule has 144 valence electrons. The van der Waals surface area contributed by atoms with E-state index in [4.69, 9.17) is 0 Å². The van der Waals surface area contributed by atoms with Crippen LogP contribution in [0.4, 0.5) is 19.0 Å². The van der Waals surface area contributed by atoms with Crippen molar-refractivity contribution in [2.75, 3.05) is 5.32 Å². The van der Waals surface area contributed by atoms with E-state index in [1.807, 2.05) is 6.92 Å². The Morgan fingerprint density at radius 2 is 1.82 bits per heavy atom. The number of anilines is 1. The van der Waals surface area contributed by atoms with Gasteiger partial charge in [0, 0.05) is 18.0 Å². The van der Waals surface area contributed by atoms with Crippen LogP contribution in [-0.4, -0.2) is 20.7 Å². The highest BCUT2D eigenvalue weighted by atomic mass is 19.4. The fourth-order valence-corrected chi connectivity index (χ4v) is 2.56. The Bertz CT molecular complexity index is 1090. The van der Waals surface area contributed by atoms with Crippen LogP contribution in [0.3, 0.4) is 0 Å². The molecule has 2 heterocycles. The number of pyridine rings is 1. The number of hydrogen-bond donors (Lipinski definition) is 1. The van der Waals surface area contributed by atoms with Gasteiger partial charge in [0.2, 0.25) is 5.43 Å². The Hall–Kier alpha value is -3.49. The van der Waals surface area contributed by atoms with Crippen molar-refractivity contribution < 1.29 is 18.0 Å². The van der Waals surface area contributed by atoms with Crippen molar-refractivity contribution >= 4 is 11.7 Å². The second-order valence-corrected chi connectivity index (χ2v) is 6.10. The van der Waals surface area contributed by atoms with Crippen LogP contribution in [-0.2, 0) is 6.18 Å². The van der Waals surface area contributed by atoms with Crippen molar-refractivity contribution in [3.05, 3.63) is 81.4 Å². The van der Waals surface area contributed by atoms with Crippen LogP contribution in [0.25, 0.3) is 5.69 Å². The summed E-state index contributed by atoms with van der Waals surface area (Å²) in [6.45, 7) is 3.25. The summed E-state index contributed by atoms with van der Waals surface area (Å²) in [6.07, 6.45) is -3.10. The van der Waals surface area contributed by atoms with Crippen molar-refractivity contribution in [2.24, 2.45) is 0 Å². The van der Waals surface area contributed by atoms with Gasteiger partial charge in [-0.15, -0.1) is 0 Å². The maximum atomic E-state index is 13.3. The van der Waals surface area contributed by atoms with Crippen molar-refractivity contribution in [2.45, 2.75) is 20.0 Å². The maximum absolute atomic E-state index is 13.3. The van der Waals surface area contributed by atoms with E-state index in [1.165, 1.54) is 31.3 Å². The third kappa shape index (κ3) is 3.93. The van der Waals surface area contributed by atoms with Gasteiger partial charge < -0.3 is 5.32 Å². The number of rotatable bonds is 3. The first-order valence-electron chi connectivity index (χ1n) is 8.18. The summed E-state index contributed by atoms with van der Waals surface area (Å²) in [4.78, 5) is 28.7. The monoisotopic (exact) mass is 388 g/mol. The quantitative estimate of drug-likeness (QED) is 0.745. The van der Waals surface area contributed by atoms with E-state index in [2.05, 4.69) is 15.4 Å². The molecule has 0 fully saturated rings. The number of halogens is 3. The molecule has 9 heteroatoms. The number of aryl methyl sites for hydroxylation is 2. The molecule has 0 aliphatic rings. The van der Waals surface area contributed by atoms with Gasteiger partial charge in [0.1, 0.15) is 5.82 Å². The van der Waals surface area contributed by atoms with Crippen LogP contribution in [0, 0.1) is 13.8 Å². The molecular formula is C19H15F3N4O2. The van der Waals surface area contributed by atoms with Crippen molar-refractivity contribution in [1.29, 1.82) is 0 Å². The summed E-state index contributed by atoms with van der Waals surface area (Å²) < 4.78 is 40.9. The zero-order valence-electron chi connectivity index (χ0n) is 14.9. The first kappa shape index (κ1) is 19.3. The van der Waals surface area contributed by atoms with Gasteiger partial charge in [-0.05, 0) is 37.6 Å². The molecule has 0 aliphatic carbocycles. The third-order valence-electron chi connectivity index (χ3n) is 3.91. The largest absolute Gasteiger partial charge is 0.418 e. The zero-order chi connectivity index (χ0) is 20.5. The van der Waals surface area contributed by atoms with E-state index in [0.717, 1.165) is 22.4 Å². The molecule has 0 saturated heterocycles. The van der Waals surface area contributed by atoms with Gasteiger partial charge in [0.25, 0.3) is 5.91 Å². The average Bonchev–Trinajstić information content (AvgIpc) is 2.63. The number of benzene rings is 1. The highest BCUT2D eigenvalue weighted by molar-refractivity contribution is 6.02. The van der Waals surface area contributed by atoms with Crippen LogP contribution in [0.2, 0.25) is 0 Å². The SMILES string of the molecule is Cc1ccc(NC(=O)c2nn(-c3ccccc3C(F)(F)F)c(C)cc2=O)nc1. The van der Waals surface area contributed by atoms with Gasteiger partial charge in [-0.25, -0.2) is 9.67 Å². The molecule has 0 unspecified atom stereocenters. The third-order valence-corrected chi connectivity index (χ3v) is 3.91. The summed E-state index contributed by atoms with van der Waals surface area (Å²) in [7, 11) is 0. The summed E-state index contributed by atoms with van der Waals surface area (Å²) in [5, 5.41) is 6.32. The first-order chi connectivity index (χ1) is 13.2. The summed E-state index contributed by atoms with van der Waals surface area (Å²) in [5.41, 5.74) is -1.42. The van der Waals surface area contributed by atoms with Crippen LogP contribution >= 0.6 is 0 Å². The number of alkyl halides is 3. The van der Waals surface area contributed by atoms with Gasteiger partial charge in [-0.1, -0.05) is 18.2 Å². The maximum Gasteiger partial charge on any atom is 0.418 e. The lowest BCUT2D eigenvalue weighted by molar-refractivity contribution is -0.137. The average molecular weight is 388 g/mol. The summed E-state index contributed by atoms with van der Waals surface area (Å²) >= 11 is 0. The zero-order valence-corrected chi connectivity index (χ0v) is 14.9. The van der Waals surface area contributed by atoms with Gasteiger partial charge in [0.05, 0.1) is 11.3 Å². The second kappa shape index (κ2) is 7.26. The van der Waals surface area contributed by atoms with E-state index in [0.29, 0.717) is 0 Å². The minimum atomic E-state index is -4.62. The predicted octanol–water partition coefficient (Wildman–Crippen LogP) is 3.52. The molecule has 3 rings (SSSR count). The van der Waals surface area contributed by atoms with Crippen LogP contribution < -0.4 is 10.7 Å². The smallest absolute Gasteiger partial charge is 0.305 e. The number of carbonyl (C=O) groups excluding carboxylic acids is 1. The van der Waals surface area contributed by atoms with E-state index >= 15 is 0 Å². The van der Waals surface area contributed by atoms with Gasteiger partial charge >= 0.3 is 6.18 Å². The minimum absolute atomic E-state index is 0.159. The number of nitrogens with one attached hydrogen (secondary N) is 1. The molecule has 28 heavy (non-hydrogen) atoms. The lowest BCUT2D eigenvalue weighted by atomic mass is 10.1. The molecular weight excluding hydrogens is 373 g/mol. The molecule has 0 bridgehead atoms. The number of carbonyl (C=O) groups is 1. The van der Waals surface area contributed by atoms with E-state index < -0.39 is 28.8 Å². The molecule has 6 nitrogen and oxygen atoms in total. The number of para-hydroxylation sites is 1. The summed E-state index contributed by atoms with van der Waals surface area (Å²) in [6, 6.07) is 9.11. The molecule has 0 atom stereocenters. The lowest BCUT2D eigenvalue weighted by Gasteiger charge is -2.16. The highest BCUT2D eigenvalue weighted by Gasteiger charge is 2.34. The molecule has 1 N–H and O–H groups in total. The van der Waals surface area contributed by atoms with Crippen LogP contribution in [0.5, 0.6) is 0 Å². The Balaban J connectivity index is 2.06. The summed E-state index contributed by atoms with van der Waals surface area (Å²) in [5.74, 6) is -0.667. The standard InChI is InChI=1S/C19H15F3N4O2/c1-11-7-8-16(23-10-11)24-18(28)17-15(27)9-12(2)26(25-17)14-6-4-3-5-13(14)19(20,21)22/h3-10H,1-2H3,(H,23,24,28). The molecule has 0 radical (unpaired) electrons. The molecule has 3 aromatic rings. The Labute approximate surface area is 157 Å². The van der Waals surface area contributed by atoms with Gasteiger partial charge in [-0.3, -0.25) is 9.59 Å². The number of nitrogens with zero attached hydrogens (tertiary/aromatic N) is 3. The molecule has 0 saturated carbocycles. The second-order valence-electron chi connectivity index (χ2n) is 6.10. The lowest BCUT2D eigenvalue weighted by Crippen LogP contribution is -2.27. The van der Waals surface area contributed by atoms with Crippen molar-refractivity contribution in [3.8, 4) is 5.69 Å². The Morgan fingerprint density at radius 3 is 2.46 bits per heavy atom. The number of aromatic nitrogens is 3. The van der Waals surface area contributed by atoms with E-state index in [9.17, 15) is 22.8 Å². The number of amides is 1. The van der Waals surface area contributed by atoms with Crippen LogP contribution in [0.15, 0.2) is 53.5 Å². The molecule has 2 aromatic heterocycles. The van der Waals surface area contributed by atoms with Gasteiger partial charge in [-0.2, -0.15) is 18.3 Å². The van der Waals surface area contributed by atoms with Gasteiger partial charge in [0.15, 0.2) is 5.69 Å². The van der Waals surface area contributed by atoms with E-state index in [-0.39, 0.29) is 17.2 Å². The Morgan fingerprint density at radius 1 is 1.11 bits per heavy atom. The molecule has 1 aromatic carbocycles. The highest BCUT2D eigenvalue weighted by Crippen LogP contribution is 2.33. The molecule has 0 aliphatic heterocycles. The first-order valence-corrected chi connectivity index (χ1v) is 8.18. The predicted molar refractivity (Wildman–Crippen MR) is 96.5 cm³/mol. The topological polar surface area (TPSA) is 76.9 Å². The minimum Gasteiger partial charge on any atom is -0.305 e. The van der Waals surface area contributed by atoms with Crippen molar-refractivity contribution in [3.63, 3.8) is 0 Å². The molecule has 1 amide bonds. The normalized spacial score (nSPS) is 11.3. The van der Waals surface area contributed by atoms with Crippen molar-refractivity contribution in [1.82, 2.24) is 14.8 Å². The van der Waals surface area contributed by atoms with E-state index in [1.54, 1.807) is 12.1 Å². The van der Waals surface area contributed by atoms with Crippen LogP contribution in [0.1, 0.15) is 27.3 Å². The number of hydrogen-bond acceptors (Lipinski definition) is 4. The Kier molecular flexibility index (Phi) is 5.00. The molecule has 0 spiro atoms. The fraction of sp³-hybridized carbons (Fsp3) is 0.158.